The summed E-state index contributed by atoms with van der Waals surface area (Å²) in [5, 5.41) is -0.0936. The van der Waals surface area contributed by atoms with Crippen molar-refractivity contribution in [2.24, 2.45) is 0 Å². The molecule has 2 aromatic carbocycles. The molecule has 1 aliphatic rings. The molecule has 0 aliphatic carbocycles. The molecular weight excluding hydrogens is 412 g/mol. The lowest BCUT2D eigenvalue weighted by Crippen LogP contribution is -2.38. The summed E-state index contributed by atoms with van der Waals surface area (Å²) in [5.74, 6) is -0.684. The van der Waals surface area contributed by atoms with Gasteiger partial charge in [-0.15, -0.1) is 0 Å². The van der Waals surface area contributed by atoms with Crippen LogP contribution in [0.4, 0.5) is 5.69 Å². The van der Waals surface area contributed by atoms with Gasteiger partial charge < -0.3 is 15.2 Å². The minimum Gasteiger partial charge on any atom is -0.465 e. The number of nitrogens with two attached hydrogens (primary N) is 1. The lowest BCUT2D eigenvalue weighted by molar-refractivity contribution is 0.0601. The fraction of sp³-hybridized carbons (Fsp3) is 0.350. The number of nitrogen functional groups attached to an aromatic ring is 1. The van der Waals surface area contributed by atoms with Gasteiger partial charge in [-0.1, -0.05) is 30.3 Å². The van der Waals surface area contributed by atoms with Crippen LogP contribution in [-0.4, -0.2) is 50.2 Å². The van der Waals surface area contributed by atoms with Crippen molar-refractivity contribution < 1.29 is 22.7 Å². The van der Waals surface area contributed by atoms with Gasteiger partial charge in [0.2, 0.25) is 10.0 Å². The largest absolute Gasteiger partial charge is 0.465 e. The maximum absolute atomic E-state index is 13.2. The Morgan fingerprint density at radius 2 is 1.97 bits per heavy atom. The van der Waals surface area contributed by atoms with Gasteiger partial charge in [0.15, 0.2) is 0 Å². The molecule has 2 atom stereocenters. The van der Waals surface area contributed by atoms with E-state index >= 15 is 0 Å². The number of methoxy groups -OCH3 is 1. The first kappa shape index (κ1) is 21.6. The highest BCUT2D eigenvalue weighted by Gasteiger charge is 2.39. The van der Waals surface area contributed by atoms with Crippen molar-refractivity contribution in [3.63, 3.8) is 0 Å². The molecular formula is C20H24N2O5S2. The lowest BCUT2D eigenvalue weighted by Gasteiger charge is -2.24. The molecule has 2 N–H and O–H groups in total. The number of ether oxygens (including phenoxy) is 2. The van der Waals surface area contributed by atoms with Gasteiger partial charge in [0, 0.05) is 23.5 Å². The highest BCUT2D eigenvalue weighted by Crippen LogP contribution is 2.30. The lowest BCUT2D eigenvalue weighted by atomic mass is 10.2. The molecule has 1 aliphatic heterocycles. The van der Waals surface area contributed by atoms with Crippen molar-refractivity contribution in [1.29, 1.82) is 0 Å². The molecule has 0 saturated carbocycles. The number of rotatable bonds is 7. The summed E-state index contributed by atoms with van der Waals surface area (Å²) in [5.41, 5.74) is 6.99. The van der Waals surface area contributed by atoms with Crippen LogP contribution in [0.1, 0.15) is 22.3 Å². The average molecular weight is 437 g/mol. The number of hydrogen-bond donors (Lipinski definition) is 2. The molecule has 9 heteroatoms. The number of hydrogen-bond acceptors (Lipinski definition) is 7. The molecule has 3 rings (SSSR count). The van der Waals surface area contributed by atoms with Gasteiger partial charge in [-0.2, -0.15) is 16.9 Å². The van der Waals surface area contributed by atoms with Crippen molar-refractivity contribution in [1.82, 2.24) is 4.31 Å². The van der Waals surface area contributed by atoms with Crippen molar-refractivity contribution in [2.45, 2.75) is 29.2 Å². The number of nitrogens with zero attached hydrogens (tertiary/aromatic N) is 1. The molecule has 2 aromatic rings. The van der Waals surface area contributed by atoms with Crippen molar-refractivity contribution >= 4 is 34.3 Å². The van der Waals surface area contributed by atoms with Gasteiger partial charge in [-0.05, 0) is 30.2 Å². The monoisotopic (exact) mass is 436 g/mol. The second-order valence-electron chi connectivity index (χ2n) is 6.86. The quantitative estimate of drug-likeness (QED) is 0.393. The highest BCUT2D eigenvalue weighted by atomic mass is 32.2. The average Bonchev–Trinajstić information content (AvgIpc) is 3.09. The number of benzene rings is 2. The number of thiol groups is 1. The van der Waals surface area contributed by atoms with Crippen LogP contribution in [0, 0.1) is 0 Å². The second-order valence-corrected chi connectivity index (χ2v) is 9.48. The van der Waals surface area contributed by atoms with Crippen molar-refractivity contribution in [3.8, 4) is 0 Å². The Kier molecular flexibility index (Phi) is 6.84. The van der Waals surface area contributed by atoms with E-state index in [1.54, 1.807) is 0 Å². The maximum atomic E-state index is 13.2. The van der Waals surface area contributed by atoms with Gasteiger partial charge in [0.05, 0.1) is 30.8 Å². The summed E-state index contributed by atoms with van der Waals surface area (Å²) in [4.78, 5) is 11.9. The Bertz CT molecular complexity index is 966. The first-order valence-electron chi connectivity index (χ1n) is 9.12. The van der Waals surface area contributed by atoms with E-state index in [4.69, 9.17) is 10.5 Å². The molecule has 0 amide bonds. The van der Waals surface area contributed by atoms with Crippen LogP contribution in [0.15, 0.2) is 53.4 Å². The maximum Gasteiger partial charge on any atom is 0.339 e. The Morgan fingerprint density at radius 3 is 2.66 bits per heavy atom. The van der Waals surface area contributed by atoms with Crippen LogP contribution >= 0.6 is 12.6 Å². The molecule has 1 saturated heterocycles. The first-order chi connectivity index (χ1) is 13.8. The van der Waals surface area contributed by atoms with E-state index in [0.29, 0.717) is 13.0 Å². The number of esters is 1. The van der Waals surface area contributed by atoms with Crippen LogP contribution in [0.3, 0.4) is 0 Å². The number of carbonyl (C=O) groups excluding carboxylic acids is 1. The summed E-state index contributed by atoms with van der Waals surface area (Å²) in [7, 11) is -2.64. The van der Waals surface area contributed by atoms with Crippen LogP contribution in [0.25, 0.3) is 0 Å². The Hall–Kier alpha value is -2.07. The molecule has 29 heavy (non-hydrogen) atoms. The minimum atomic E-state index is -3.86. The summed E-state index contributed by atoms with van der Waals surface area (Å²) in [6.07, 6.45) is 0.579. The van der Waals surface area contributed by atoms with E-state index < -0.39 is 16.0 Å². The Labute approximate surface area is 176 Å². The van der Waals surface area contributed by atoms with Crippen LogP contribution in [0.2, 0.25) is 0 Å². The fourth-order valence-electron chi connectivity index (χ4n) is 3.31. The van der Waals surface area contributed by atoms with Crippen LogP contribution < -0.4 is 5.73 Å². The first-order valence-corrected chi connectivity index (χ1v) is 11.1. The van der Waals surface area contributed by atoms with E-state index in [1.807, 2.05) is 30.3 Å². The molecule has 0 unspecified atom stereocenters. The highest BCUT2D eigenvalue weighted by molar-refractivity contribution is 7.89. The Balaban J connectivity index is 1.78. The van der Waals surface area contributed by atoms with E-state index in [9.17, 15) is 13.2 Å². The van der Waals surface area contributed by atoms with Crippen molar-refractivity contribution in [2.75, 3.05) is 26.0 Å². The van der Waals surface area contributed by atoms with Gasteiger partial charge in [0.1, 0.15) is 0 Å². The zero-order valence-corrected chi connectivity index (χ0v) is 17.7. The number of anilines is 1. The summed E-state index contributed by atoms with van der Waals surface area (Å²) in [6.45, 7) is 0.920. The molecule has 0 radical (unpaired) electrons. The van der Waals surface area contributed by atoms with E-state index in [-0.39, 0.29) is 40.6 Å². The fourth-order valence-corrected chi connectivity index (χ4v) is 5.54. The minimum absolute atomic E-state index is 0.0115. The standard InChI is InChI=1S/C20H24N2O5S2/c1-26-20(23)18-10-17(7-8-19(18)21)29(24,25)22-11-16(28)9-15(22)13-27-12-14-5-3-2-4-6-14/h2-8,10,15-16,28H,9,11-13,21H2,1H3/t15-,16+/m0/s1. The number of carbonyl (C=O) groups is 1. The smallest absolute Gasteiger partial charge is 0.339 e. The molecule has 156 valence electrons. The summed E-state index contributed by atoms with van der Waals surface area (Å²) < 4.78 is 38.3. The predicted octanol–water partition coefficient (Wildman–Crippen LogP) is 2.33. The number of sulfonamides is 1. The zero-order valence-electron chi connectivity index (χ0n) is 16.0. The van der Waals surface area contributed by atoms with Crippen molar-refractivity contribution in [3.05, 3.63) is 59.7 Å². The van der Waals surface area contributed by atoms with E-state index in [0.717, 1.165) is 5.56 Å². The van der Waals surface area contributed by atoms with Crippen LogP contribution in [-0.2, 0) is 26.1 Å². The SMILES string of the molecule is COC(=O)c1cc(S(=O)(=O)N2C[C@H](S)C[C@H]2COCc2ccccc2)ccc1N. The van der Waals surface area contributed by atoms with Gasteiger partial charge in [0.25, 0.3) is 0 Å². The van der Waals surface area contributed by atoms with E-state index in [1.165, 1.54) is 29.6 Å². The van der Waals surface area contributed by atoms with E-state index in [2.05, 4.69) is 17.4 Å². The topological polar surface area (TPSA) is 98.9 Å². The van der Waals surface area contributed by atoms with Gasteiger partial charge in [-0.3, -0.25) is 0 Å². The third-order valence-electron chi connectivity index (χ3n) is 4.80. The van der Waals surface area contributed by atoms with Gasteiger partial charge >= 0.3 is 5.97 Å². The summed E-state index contributed by atoms with van der Waals surface area (Å²) >= 11 is 4.48. The summed E-state index contributed by atoms with van der Waals surface area (Å²) in [6, 6.07) is 13.4. The second kappa shape index (κ2) is 9.17. The molecule has 0 bridgehead atoms. The third-order valence-corrected chi connectivity index (χ3v) is 7.09. The molecule has 0 spiro atoms. The van der Waals surface area contributed by atoms with Crippen LogP contribution in [0.5, 0.6) is 0 Å². The Morgan fingerprint density at radius 1 is 1.24 bits per heavy atom. The normalized spacial score (nSPS) is 19.9. The molecule has 1 fully saturated rings. The molecule has 7 nitrogen and oxygen atoms in total. The molecule has 1 heterocycles. The van der Waals surface area contributed by atoms with Gasteiger partial charge in [-0.25, -0.2) is 13.2 Å². The zero-order chi connectivity index (χ0) is 21.0. The third kappa shape index (κ3) is 4.92. The predicted molar refractivity (Wildman–Crippen MR) is 113 cm³/mol. The molecule has 0 aromatic heterocycles.